The summed E-state index contributed by atoms with van der Waals surface area (Å²) in [4.78, 5) is 20.6. The highest BCUT2D eigenvalue weighted by Gasteiger charge is 2.14. The first kappa shape index (κ1) is 20.8. The molecule has 0 unspecified atom stereocenters. The zero-order valence-electron chi connectivity index (χ0n) is 16.4. The lowest BCUT2D eigenvalue weighted by Gasteiger charge is -2.11. The van der Waals surface area contributed by atoms with E-state index in [-0.39, 0.29) is 17.6 Å². The molecule has 0 aliphatic carbocycles. The third-order valence-electron chi connectivity index (χ3n) is 4.26. The lowest BCUT2D eigenvalue weighted by atomic mass is 10.2. The summed E-state index contributed by atoms with van der Waals surface area (Å²) >= 11 is 11.5. The van der Waals surface area contributed by atoms with Crippen molar-refractivity contribution in [3.63, 3.8) is 0 Å². The Morgan fingerprint density at radius 1 is 1.19 bits per heavy atom. The molecule has 4 aromatic rings. The number of nitrogens with zero attached hydrogens (tertiary/aromatic N) is 2. The van der Waals surface area contributed by atoms with E-state index in [1.54, 1.807) is 48.7 Å². The van der Waals surface area contributed by atoms with E-state index in [0.29, 0.717) is 39.1 Å². The number of hydrogen-bond acceptors (Lipinski definition) is 6. The molecule has 156 valence electrons. The Hall–Kier alpha value is -3.49. The molecule has 2 aromatic heterocycles. The maximum absolute atomic E-state index is 12.1. The monoisotopic (exact) mass is 452 g/mol. The van der Waals surface area contributed by atoms with Gasteiger partial charge in [0.15, 0.2) is 22.9 Å². The first-order valence-electron chi connectivity index (χ1n) is 9.30. The number of amides is 1. The van der Waals surface area contributed by atoms with Crippen molar-refractivity contribution in [2.75, 3.05) is 11.9 Å². The number of anilines is 1. The van der Waals surface area contributed by atoms with E-state index >= 15 is 0 Å². The molecule has 0 atom stereocenters. The minimum Gasteiger partial charge on any atom is -0.484 e. The minimum absolute atomic E-state index is 0.130. The number of carbonyl (C=O) groups is 1. The van der Waals surface area contributed by atoms with Gasteiger partial charge in [-0.15, -0.1) is 0 Å². The molecular formula is C22H17ClN4O3S. The van der Waals surface area contributed by atoms with Crippen LogP contribution in [0.25, 0.3) is 22.7 Å². The number of carbonyl (C=O) groups excluding carboxylic acids is 1. The number of pyridine rings is 1. The smallest absolute Gasteiger partial charge is 0.264 e. The molecule has 0 aliphatic rings. The summed E-state index contributed by atoms with van der Waals surface area (Å²) < 4.78 is 11.2. The van der Waals surface area contributed by atoms with Crippen molar-refractivity contribution in [2.45, 2.75) is 6.92 Å². The Balaban J connectivity index is 1.39. The quantitative estimate of drug-likeness (QED) is 0.422. The van der Waals surface area contributed by atoms with Gasteiger partial charge in [0.2, 0.25) is 5.89 Å². The van der Waals surface area contributed by atoms with Crippen LogP contribution in [-0.2, 0) is 4.79 Å². The van der Waals surface area contributed by atoms with Crippen LogP contribution in [0.1, 0.15) is 5.56 Å². The van der Waals surface area contributed by atoms with E-state index in [4.69, 9.17) is 33.0 Å². The maximum atomic E-state index is 12.1. The minimum atomic E-state index is -0.378. The van der Waals surface area contributed by atoms with Crippen LogP contribution in [0.3, 0.4) is 0 Å². The van der Waals surface area contributed by atoms with Crippen LogP contribution in [0.15, 0.2) is 65.2 Å². The van der Waals surface area contributed by atoms with Gasteiger partial charge in [-0.2, -0.15) is 4.98 Å². The van der Waals surface area contributed by atoms with Gasteiger partial charge in [0.05, 0.1) is 10.6 Å². The highest BCUT2D eigenvalue weighted by molar-refractivity contribution is 7.80. The molecule has 0 spiro atoms. The normalized spacial score (nSPS) is 10.6. The zero-order chi connectivity index (χ0) is 21.8. The fourth-order valence-electron chi connectivity index (χ4n) is 2.76. The lowest BCUT2D eigenvalue weighted by molar-refractivity contribution is -0.121. The number of fused-ring (bicyclic) bond motifs is 1. The van der Waals surface area contributed by atoms with Crippen LogP contribution in [0.5, 0.6) is 5.75 Å². The zero-order valence-corrected chi connectivity index (χ0v) is 18.0. The average Bonchev–Trinajstić information content (AvgIpc) is 3.18. The van der Waals surface area contributed by atoms with Gasteiger partial charge in [0, 0.05) is 11.9 Å². The molecule has 9 heteroatoms. The van der Waals surface area contributed by atoms with Gasteiger partial charge in [-0.25, -0.2) is 4.98 Å². The highest BCUT2D eigenvalue weighted by Crippen LogP contribution is 2.31. The molecule has 31 heavy (non-hydrogen) atoms. The molecule has 7 nitrogen and oxygen atoms in total. The average molecular weight is 453 g/mol. The van der Waals surface area contributed by atoms with E-state index < -0.39 is 0 Å². The third-order valence-corrected chi connectivity index (χ3v) is 4.80. The molecule has 0 aliphatic heterocycles. The maximum Gasteiger partial charge on any atom is 0.264 e. The number of nitrogens with one attached hydrogen (secondary N) is 2. The van der Waals surface area contributed by atoms with Gasteiger partial charge < -0.3 is 14.5 Å². The van der Waals surface area contributed by atoms with Crippen LogP contribution in [0.2, 0.25) is 5.02 Å². The van der Waals surface area contributed by atoms with Crippen LogP contribution < -0.4 is 15.4 Å². The third kappa shape index (κ3) is 5.17. The Labute approximate surface area is 188 Å². The van der Waals surface area contributed by atoms with Gasteiger partial charge in [0.25, 0.3) is 5.91 Å². The molecule has 0 bridgehead atoms. The van der Waals surface area contributed by atoms with E-state index in [2.05, 4.69) is 20.6 Å². The predicted molar refractivity (Wildman–Crippen MR) is 123 cm³/mol. The number of ether oxygens (including phenoxy) is 1. The van der Waals surface area contributed by atoms with Crippen molar-refractivity contribution >= 4 is 51.8 Å². The second-order valence-corrected chi connectivity index (χ2v) is 7.46. The van der Waals surface area contributed by atoms with Crippen LogP contribution in [0, 0.1) is 6.92 Å². The van der Waals surface area contributed by atoms with Gasteiger partial charge in [-0.1, -0.05) is 29.3 Å². The summed E-state index contributed by atoms with van der Waals surface area (Å²) in [5, 5.41) is 6.12. The van der Waals surface area contributed by atoms with Gasteiger partial charge in [0.1, 0.15) is 5.75 Å². The van der Waals surface area contributed by atoms with Crippen molar-refractivity contribution < 1.29 is 13.9 Å². The van der Waals surface area contributed by atoms with E-state index in [1.165, 1.54) is 0 Å². The first-order chi connectivity index (χ1) is 15.0. The van der Waals surface area contributed by atoms with E-state index in [1.807, 2.05) is 19.1 Å². The summed E-state index contributed by atoms with van der Waals surface area (Å²) in [6.07, 6.45) is 1.64. The SMILES string of the molecule is Cc1ccc(OCC(=O)NC(=S)Nc2ccc(Cl)c(-c3nc4ncccc4o3)c2)cc1. The van der Waals surface area contributed by atoms with Gasteiger partial charge in [-0.05, 0) is 61.6 Å². The molecule has 2 N–H and O–H groups in total. The summed E-state index contributed by atoms with van der Waals surface area (Å²) in [7, 11) is 0. The van der Waals surface area contributed by atoms with Crippen molar-refractivity contribution in [3.05, 3.63) is 71.4 Å². The van der Waals surface area contributed by atoms with Gasteiger partial charge in [-0.3, -0.25) is 10.1 Å². The summed E-state index contributed by atoms with van der Waals surface area (Å²) in [6.45, 7) is 1.82. The summed E-state index contributed by atoms with van der Waals surface area (Å²) in [6, 6.07) is 16.1. The molecule has 2 aromatic carbocycles. The Kier molecular flexibility index (Phi) is 6.11. The lowest BCUT2D eigenvalue weighted by Crippen LogP contribution is -2.37. The van der Waals surface area contributed by atoms with Crippen LogP contribution >= 0.6 is 23.8 Å². The fraction of sp³-hybridized carbons (Fsp3) is 0.0909. The van der Waals surface area contributed by atoms with Gasteiger partial charge >= 0.3 is 0 Å². The van der Waals surface area contributed by atoms with Crippen LogP contribution in [0.4, 0.5) is 5.69 Å². The van der Waals surface area contributed by atoms with Crippen LogP contribution in [-0.4, -0.2) is 27.6 Å². The number of benzene rings is 2. The molecule has 1 amide bonds. The number of halogens is 1. The Bertz CT molecular complexity index is 1220. The molecule has 0 radical (unpaired) electrons. The molecule has 0 fully saturated rings. The molecule has 2 heterocycles. The first-order valence-corrected chi connectivity index (χ1v) is 10.1. The molecule has 0 saturated heterocycles. The van der Waals surface area contributed by atoms with E-state index in [9.17, 15) is 4.79 Å². The second-order valence-electron chi connectivity index (χ2n) is 6.64. The number of thiocarbonyl (C=S) groups is 1. The largest absolute Gasteiger partial charge is 0.484 e. The number of oxazole rings is 1. The van der Waals surface area contributed by atoms with Crippen molar-refractivity contribution in [2.24, 2.45) is 0 Å². The summed E-state index contributed by atoms with van der Waals surface area (Å²) in [5.41, 5.74) is 3.34. The summed E-state index contributed by atoms with van der Waals surface area (Å²) in [5.74, 6) is 0.566. The molecule has 0 saturated carbocycles. The predicted octanol–water partition coefficient (Wildman–Crippen LogP) is 4.74. The standard InChI is InChI=1S/C22H17ClN4O3S/c1-13-4-7-15(8-5-13)29-12-19(28)26-22(31)25-14-6-9-17(23)16(11-14)21-27-20-18(30-21)3-2-10-24-20/h2-11H,12H2,1H3,(H2,25,26,28,31). The number of aryl methyl sites for hydroxylation is 1. The number of rotatable bonds is 5. The fourth-order valence-corrected chi connectivity index (χ4v) is 3.19. The Morgan fingerprint density at radius 3 is 2.77 bits per heavy atom. The van der Waals surface area contributed by atoms with E-state index in [0.717, 1.165) is 5.56 Å². The number of hydrogen-bond donors (Lipinski definition) is 2. The Morgan fingerprint density at radius 2 is 2.00 bits per heavy atom. The molecular weight excluding hydrogens is 436 g/mol. The molecule has 4 rings (SSSR count). The van der Waals surface area contributed by atoms with Crippen molar-refractivity contribution in [1.82, 2.24) is 15.3 Å². The highest BCUT2D eigenvalue weighted by atomic mass is 35.5. The number of aromatic nitrogens is 2. The van der Waals surface area contributed by atoms with Crippen molar-refractivity contribution in [1.29, 1.82) is 0 Å². The topological polar surface area (TPSA) is 89.3 Å². The second kappa shape index (κ2) is 9.11. The van der Waals surface area contributed by atoms with Crippen molar-refractivity contribution in [3.8, 4) is 17.2 Å².